The van der Waals surface area contributed by atoms with Crippen LogP contribution in [0.4, 0.5) is 10.5 Å². The molecule has 0 spiro atoms. The van der Waals surface area contributed by atoms with Gasteiger partial charge < -0.3 is 19.9 Å². The van der Waals surface area contributed by atoms with Gasteiger partial charge in [0.2, 0.25) is 0 Å². The zero-order chi connectivity index (χ0) is 14.7. The SMILES string of the molecule is O=C(Nc1ccc2c(c1)OCCO2)NN1CCCC1CO. The van der Waals surface area contributed by atoms with Crippen molar-refractivity contribution < 1.29 is 19.4 Å². The first-order valence-electron chi connectivity index (χ1n) is 7.11. The van der Waals surface area contributed by atoms with Crippen molar-refractivity contribution in [3.63, 3.8) is 0 Å². The molecule has 2 amide bonds. The number of benzene rings is 1. The third kappa shape index (κ3) is 3.20. The fourth-order valence-electron chi connectivity index (χ4n) is 2.58. The molecule has 1 atom stereocenters. The predicted molar refractivity (Wildman–Crippen MR) is 76.4 cm³/mol. The van der Waals surface area contributed by atoms with Crippen molar-refractivity contribution in [3.8, 4) is 11.5 Å². The summed E-state index contributed by atoms with van der Waals surface area (Å²) in [6, 6.07) is 4.95. The molecule has 0 saturated carbocycles. The molecule has 1 saturated heterocycles. The molecule has 7 heteroatoms. The molecule has 1 unspecified atom stereocenters. The van der Waals surface area contributed by atoms with E-state index in [0.29, 0.717) is 30.4 Å². The zero-order valence-electron chi connectivity index (χ0n) is 11.7. The summed E-state index contributed by atoms with van der Waals surface area (Å²) < 4.78 is 10.9. The summed E-state index contributed by atoms with van der Waals surface area (Å²) in [5.41, 5.74) is 3.40. The Morgan fingerprint density at radius 2 is 2.14 bits per heavy atom. The van der Waals surface area contributed by atoms with Crippen molar-refractivity contribution in [3.05, 3.63) is 18.2 Å². The number of anilines is 1. The summed E-state index contributed by atoms with van der Waals surface area (Å²) in [4.78, 5) is 12.0. The molecule has 2 aliphatic heterocycles. The topological polar surface area (TPSA) is 83.1 Å². The number of urea groups is 1. The van der Waals surface area contributed by atoms with Crippen LogP contribution in [-0.2, 0) is 0 Å². The molecule has 3 N–H and O–H groups in total. The second-order valence-electron chi connectivity index (χ2n) is 5.10. The zero-order valence-corrected chi connectivity index (χ0v) is 11.7. The first kappa shape index (κ1) is 14.0. The number of amides is 2. The van der Waals surface area contributed by atoms with Gasteiger partial charge >= 0.3 is 6.03 Å². The first-order valence-corrected chi connectivity index (χ1v) is 7.11. The lowest BCUT2D eigenvalue weighted by Crippen LogP contribution is -2.48. The highest BCUT2D eigenvalue weighted by molar-refractivity contribution is 5.89. The van der Waals surface area contributed by atoms with Gasteiger partial charge in [0.25, 0.3) is 0 Å². The quantitative estimate of drug-likeness (QED) is 0.773. The molecule has 3 rings (SSSR count). The molecule has 7 nitrogen and oxygen atoms in total. The number of fused-ring (bicyclic) bond motifs is 1. The molecular formula is C14H19N3O4. The van der Waals surface area contributed by atoms with Crippen LogP contribution in [0, 0.1) is 0 Å². The van der Waals surface area contributed by atoms with E-state index >= 15 is 0 Å². The van der Waals surface area contributed by atoms with Gasteiger partial charge in [-0.2, -0.15) is 0 Å². The molecule has 0 aliphatic carbocycles. The van der Waals surface area contributed by atoms with E-state index in [1.54, 1.807) is 23.2 Å². The van der Waals surface area contributed by atoms with Crippen molar-refractivity contribution in [1.29, 1.82) is 0 Å². The number of hydrogen-bond donors (Lipinski definition) is 3. The maximum Gasteiger partial charge on any atom is 0.333 e. The third-order valence-corrected chi connectivity index (χ3v) is 3.63. The summed E-state index contributed by atoms with van der Waals surface area (Å²) in [6.07, 6.45) is 1.86. The van der Waals surface area contributed by atoms with Crippen LogP contribution in [0.25, 0.3) is 0 Å². The van der Waals surface area contributed by atoms with Crippen LogP contribution in [0.3, 0.4) is 0 Å². The van der Waals surface area contributed by atoms with E-state index < -0.39 is 0 Å². The maximum absolute atomic E-state index is 12.0. The molecule has 0 bridgehead atoms. The van der Waals surface area contributed by atoms with Crippen molar-refractivity contribution in [2.45, 2.75) is 18.9 Å². The molecule has 2 aliphatic rings. The molecule has 2 heterocycles. The van der Waals surface area contributed by atoms with Gasteiger partial charge in [-0.25, -0.2) is 9.80 Å². The molecule has 21 heavy (non-hydrogen) atoms. The number of carbonyl (C=O) groups is 1. The number of rotatable bonds is 3. The second kappa shape index (κ2) is 6.19. The largest absolute Gasteiger partial charge is 0.486 e. The van der Waals surface area contributed by atoms with Crippen LogP contribution < -0.4 is 20.2 Å². The average Bonchev–Trinajstić information content (AvgIpc) is 2.94. The predicted octanol–water partition coefficient (Wildman–Crippen LogP) is 0.951. The number of hydrogen-bond acceptors (Lipinski definition) is 5. The number of aliphatic hydroxyl groups is 1. The van der Waals surface area contributed by atoms with Crippen molar-refractivity contribution in [2.75, 3.05) is 31.7 Å². The minimum absolute atomic E-state index is 0.00369. The molecule has 114 valence electrons. The summed E-state index contributed by atoms with van der Waals surface area (Å²) >= 11 is 0. The highest BCUT2D eigenvalue weighted by Gasteiger charge is 2.25. The molecule has 0 aromatic heterocycles. The van der Waals surface area contributed by atoms with Gasteiger partial charge in [-0.3, -0.25) is 5.43 Å². The Hall–Kier alpha value is -1.99. The van der Waals surface area contributed by atoms with Gasteiger partial charge in [0.05, 0.1) is 12.6 Å². The lowest BCUT2D eigenvalue weighted by Gasteiger charge is -2.24. The van der Waals surface area contributed by atoms with E-state index in [1.807, 2.05) is 0 Å². The van der Waals surface area contributed by atoms with Crippen molar-refractivity contribution in [1.82, 2.24) is 10.4 Å². The lowest BCUT2D eigenvalue weighted by atomic mass is 10.2. The molecular weight excluding hydrogens is 274 g/mol. The monoisotopic (exact) mass is 293 g/mol. The number of aliphatic hydroxyl groups excluding tert-OH is 1. The number of ether oxygens (including phenoxy) is 2. The standard InChI is InChI=1S/C14H19N3O4/c18-9-11-2-1-5-17(11)16-14(19)15-10-3-4-12-13(8-10)21-7-6-20-12/h3-4,8,11,18H,1-2,5-7,9H2,(H2,15,16,19). The van der Waals surface area contributed by atoms with Gasteiger partial charge in [-0.05, 0) is 25.0 Å². The number of nitrogens with zero attached hydrogens (tertiary/aromatic N) is 1. The molecule has 1 aromatic carbocycles. The van der Waals surface area contributed by atoms with Gasteiger partial charge in [0.1, 0.15) is 13.2 Å². The van der Waals surface area contributed by atoms with Crippen molar-refractivity contribution in [2.24, 2.45) is 0 Å². The summed E-state index contributed by atoms with van der Waals surface area (Å²) in [7, 11) is 0. The van der Waals surface area contributed by atoms with E-state index in [4.69, 9.17) is 9.47 Å². The van der Waals surface area contributed by atoms with Crippen LogP contribution in [-0.4, -0.2) is 48.6 Å². The Bertz CT molecular complexity index is 523. The summed E-state index contributed by atoms with van der Waals surface area (Å²) in [5.74, 6) is 1.32. The van der Waals surface area contributed by atoms with Crippen LogP contribution in [0.15, 0.2) is 18.2 Å². The Labute approximate surface area is 122 Å². The van der Waals surface area contributed by atoms with E-state index in [0.717, 1.165) is 19.4 Å². The van der Waals surface area contributed by atoms with Crippen LogP contribution in [0.2, 0.25) is 0 Å². The molecule has 0 radical (unpaired) electrons. The fraction of sp³-hybridized carbons (Fsp3) is 0.500. The Balaban J connectivity index is 1.59. The minimum Gasteiger partial charge on any atom is -0.486 e. The fourth-order valence-corrected chi connectivity index (χ4v) is 2.58. The summed E-state index contributed by atoms with van der Waals surface area (Å²) in [5, 5.41) is 13.8. The normalized spacial score (nSPS) is 21.1. The highest BCUT2D eigenvalue weighted by Crippen LogP contribution is 2.32. The van der Waals surface area contributed by atoms with E-state index in [1.165, 1.54) is 0 Å². The Morgan fingerprint density at radius 3 is 2.95 bits per heavy atom. The average molecular weight is 293 g/mol. The number of hydrazine groups is 1. The lowest BCUT2D eigenvalue weighted by molar-refractivity contribution is 0.123. The molecule has 1 aromatic rings. The van der Waals surface area contributed by atoms with Crippen molar-refractivity contribution >= 4 is 11.7 Å². The second-order valence-corrected chi connectivity index (χ2v) is 5.10. The Morgan fingerprint density at radius 1 is 1.33 bits per heavy atom. The van der Waals surface area contributed by atoms with E-state index in [9.17, 15) is 9.90 Å². The van der Waals surface area contributed by atoms with Gasteiger partial charge in [-0.15, -0.1) is 0 Å². The van der Waals surface area contributed by atoms with E-state index in [2.05, 4.69) is 10.7 Å². The minimum atomic E-state index is -0.327. The Kier molecular flexibility index (Phi) is 4.12. The highest BCUT2D eigenvalue weighted by atomic mass is 16.6. The number of nitrogens with one attached hydrogen (secondary N) is 2. The number of carbonyl (C=O) groups excluding carboxylic acids is 1. The van der Waals surface area contributed by atoms with Gasteiger partial charge in [0, 0.05) is 18.3 Å². The first-order chi connectivity index (χ1) is 10.3. The molecule has 1 fully saturated rings. The van der Waals surface area contributed by atoms with Crippen LogP contribution >= 0.6 is 0 Å². The smallest absolute Gasteiger partial charge is 0.333 e. The van der Waals surface area contributed by atoms with E-state index in [-0.39, 0.29) is 18.7 Å². The van der Waals surface area contributed by atoms with Crippen LogP contribution in [0.5, 0.6) is 11.5 Å². The van der Waals surface area contributed by atoms with Gasteiger partial charge in [0.15, 0.2) is 11.5 Å². The van der Waals surface area contributed by atoms with Gasteiger partial charge in [-0.1, -0.05) is 0 Å². The maximum atomic E-state index is 12.0. The summed E-state index contributed by atoms with van der Waals surface area (Å²) in [6.45, 7) is 1.84. The van der Waals surface area contributed by atoms with Crippen LogP contribution in [0.1, 0.15) is 12.8 Å². The third-order valence-electron chi connectivity index (χ3n) is 3.63.